The first kappa shape index (κ1) is 35.0. The lowest BCUT2D eigenvalue weighted by atomic mass is 9.95. The van der Waals surface area contributed by atoms with Crippen molar-refractivity contribution >= 4 is 28.7 Å². The van der Waals surface area contributed by atoms with Gasteiger partial charge in [-0.2, -0.15) is 10.2 Å². The molecule has 0 amide bonds. The molecule has 4 heterocycles. The van der Waals surface area contributed by atoms with E-state index in [2.05, 4.69) is 20.9 Å². The summed E-state index contributed by atoms with van der Waals surface area (Å²) in [5, 5.41) is 29.6. The first-order valence-corrected chi connectivity index (χ1v) is 18.1. The molecule has 3 aliphatic rings. The highest BCUT2D eigenvalue weighted by atomic mass is 35.5. The van der Waals surface area contributed by atoms with Crippen molar-refractivity contribution in [3.63, 3.8) is 0 Å². The van der Waals surface area contributed by atoms with Gasteiger partial charge in [0.1, 0.15) is 28.5 Å². The second-order valence-corrected chi connectivity index (χ2v) is 14.4. The lowest BCUT2D eigenvalue weighted by Gasteiger charge is -2.20. The molecule has 3 atom stereocenters. The number of benzene rings is 3. The number of fused-ring (bicyclic) bond motifs is 2. The molecule has 2 N–H and O–H groups in total. The zero-order valence-electron chi connectivity index (χ0n) is 29.0. The fourth-order valence-corrected chi connectivity index (χ4v) is 8.13. The molecule has 8 rings (SSSR count). The molecule has 2 saturated heterocycles. The van der Waals surface area contributed by atoms with E-state index in [4.69, 9.17) is 25.5 Å². The number of aliphatic hydroxyl groups is 1. The zero-order chi connectivity index (χ0) is 36.8. The van der Waals surface area contributed by atoms with Crippen molar-refractivity contribution < 1.29 is 33.3 Å². The lowest BCUT2D eigenvalue weighted by molar-refractivity contribution is -0.141. The van der Waals surface area contributed by atoms with E-state index in [1.54, 1.807) is 30.3 Å². The predicted octanol–water partition coefficient (Wildman–Crippen LogP) is 6.77. The topological polar surface area (TPSA) is 145 Å². The number of likely N-dealkylation sites (tertiary alicyclic amines) is 2. The van der Waals surface area contributed by atoms with Crippen LogP contribution in [0.5, 0.6) is 11.8 Å². The number of carbonyl (C=O) groups is 1. The monoisotopic (exact) mass is 737 g/mol. The molecule has 2 aliphatic heterocycles. The van der Waals surface area contributed by atoms with Crippen LogP contribution in [0.25, 0.3) is 33.7 Å². The number of pyridine rings is 1. The standard InChI is InChI=1S/C40H37ClFN5O6/c1-51-37-25(20-47-12-10-23(19-47)40(49)50)16-32(41)39(45-37)52-34-9-8-28-27(4-2-5-29(28)34)30-6-3-7-31(35(30)42)38-44-33-15-22(14-24(17-43)36(33)53-38)18-46-13-11-26(48)21-46/h2-7,14-16,23,26,34,48H,8-13,18-21H2,1H3,(H,49,50)/t23-,26-,34-/m1/s1. The Bertz CT molecular complexity index is 2270. The summed E-state index contributed by atoms with van der Waals surface area (Å²) >= 11 is 6.70. The van der Waals surface area contributed by atoms with Gasteiger partial charge in [0.2, 0.25) is 17.7 Å². The van der Waals surface area contributed by atoms with Gasteiger partial charge in [0.15, 0.2) is 5.58 Å². The Hall–Kier alpha value is -5.06. The van der Waals surface area contributed by atoms with Crippen LogP contribution in [0.3, 0.4) is 0 Å². The van der Waals surface area contributed by atoms with Crippen LogP contribution >= 0.6 is 11.6 Å². The number of aromatic nitrogens is 2. The van der Waals surface area contributed by atoms with Crippen LogP contribution in [0.15, 0.2) is 59.0 Å². The summed E-state index contributed by atoms with van der Waals surface area (Å²) in [4.78, 5) is 24.8. The predicted molar refractivity (Wildman–Crippen MR) is 194 cm³/mol. The van der Waals surface area contributed by atoms with Crippen molar-refractivity contribution in [2.75, 3.05) is 33.3 Å². The van der Waals surface area contributed by atoms with Gasteiger partial charge in [0.25, 0.3) is 0 Å². The molecule has 0 saturated carbocycles. The third-order valence-electron chi connectivity index (χ3n) is 10.5. The van der Waals surface area contributed by atoms with Gasteiger partial charge in [-0.05, 0) is 78.7 Å². The van der Waals surface area contributed by atoms with E-state index in [0.717, 1.165) is 34.4 Å². The third kappa shape index (κ3) is 6.82. The molecule has 0 radical (unpaired) electrons. The molecule has 2 fully saturated rings. The molecule has 3 aromatic carbocycles. The number of aliphatic hydroxyl groups excluding tert-OH is 1. The van der Waals surface area contributed by atoms with Crippen molar-refractivity contribution in [2.24, 2.45) is 5.92 Å². The second kappa shape index (κ2) is 14.4. The molecule has 0 bridgehead atoms. The molecule has 13 heteroatoms. The van der Waals surface area contributed by atoms with Gasteiger partial charge in [-0.1, -0.05) is 41.9 Å². The number of β-amino-alcohol motifs (C(OH)–C–C–N with tert-alkyl or cyclic N) is 1. The highest BCUT2D eigenvalue weighted by molar-refractivity contribution is 6.31. The van der Waals surface area contributed by atoms with E-state index in [0.29, 0.717) is 91.5 Å². The van der Waals surface area contributed by atoms with E-state index in [9.17, 15) is 20.3 Å². The maximum Gasteiger partial charge on any atom is 0.307 e. The van der Waals surface area contributed by atoms with Gasteiger partial charge in [-0.25, -0.2) is 9.37 Å². The summed E-state index contributed by atoms with van der Waals surface area (Å²) in [6.07, 6.45) is 1.83. The highest BCUT2D eigenvalue weighted by Crippen LogP contribution is 2.43. The third-order valence-corrected chi connectivity index (χ3v) is 10.8. The van der Waals surface area contributed by atoms with Crippen LogP contribution in [0.2, 0.25) is 5.02 Å². The highest BCUT2D eigenvalue weighted by Gasteiger charge is 2.31. The first-order valence-electron chi connectivity index (χ1n) is 17.7. The lowest BCUT2D eigenvalue weighted by Crippen LogP contribution is -2.23. The first-order chi connectivity index (χ1) is 25.7. The second-order valence-electron chi connectivity index (χ2n) is 14.0. The zero-order valence-corrected chi connectivity index (χ0v) is 29.8. The molecule has 53 heavy (non-hydrogen) atoms. The number of methoxy groups -OCH3 is 1. The number of nitrogens with zero attached hydrogens (tertiary/aromatic N) is 5. The molecule has 5 aromatic rings. The number of ether oxygens (including phenoxy) is 2. The molecular weight excluding hydrogens is 701 g/mol. The molecule has 1 aliphatic carbocycles. The van der Waals surface area contributed by atoms with Gasteiger partial charge in [-0.3, -0.25) is 14.6 Å². The normalized spacial score (nSPS) is 20.2. The van der Waals surface area contributed by atoms with Crippen molar-refractivity contribution in [1.82, 2.24) is 19.8 Å². The summed E-state index contributed by atoms with van der Waals surface area (Å²) in [6.45, 7) is 3.46. The van der Waals surface area contributed by atoms with Crippen LogP contribution in [-0.4, -0.2) is 75.3 Å². The molecular formula is C40H37ClFN5O6. The summed E-state index contributed by atoms with van der Waals surface area (Å²) in [5.41, 5.74) is 5.88. The fraction of sp³-hybridized carbons (Fsp3) is 0.350. The van der Waals surface area contributed by atoms with Gasteiger partial charge >= 0.3 is 5.97 Å². The Kier molecular flexibility index (Phi) is 9.51. The summed E-state index contributed by atoms with van der Waals surface area (Å²) in [7, 11) is 1.52. The summed E-state index contributed by atoms with van der Waals surface area (Å²) in [6, 6.07) is 18.4. The van der Waals surface area contributed by atoms with E-state index >= 15 is 4.39 Å². The van der Waals surface area contributed by atoms with Gasteiger partial charge in [0.05, 0.1) is 30.3 Å². The van der Waals surface area contributed by atoms with Gasteiger partial charge < -0.3 is 24.1 Å². The minimum atomic E-state index is -0.793. The van der Waals surface area contributed by atoms with Gasteiger partial charge in [0, 0.05) is 43.9 Å². The number of aliphatic carboxylic acids is 1. The number of oxazole rings is 1. The summed E-state index contributed by atoms with van der Waals surface area (Å²) in [5.74, 6) is -1.01. The average molecular weight is 738 g/mol. The quantitative estimate of drug-likeness (QED) is 0.157. The largest absolute Gasteiger partial charge is 0.481 e. The van der Waals surface area contributed by atoms with Crippen LogP contribution in [0.1, 0.15) is 53.2 Å². The number of halogens is 2. The molecule has 2 aromatic heterocycles. The Labute approximate surface area is 310 Å². The Morgan fingerprint density at radius 1 is 1.02 bits per heavy atom. The maximum absolute atomic E-state index is 16.5. The van der Waals surface area contributed by atoms with E-state index in [1.807, 2.05) is 29.2 Å². The summed E-state index contributed by atoms with van der Waals surface area (Å²) < 4.78 is 34.6. The van der Waals surface area contributed by atoms with E-state index in [1.165, 1.54) is 7.11 Å². The minimum absolute atomic E-state index is 0.0860. The smallest absolute Gasteiger partial charge is 0.307 e. The number of hydrogen-bond donors (Lipinski definition) is 2. The molecule has 11 nitrogen and oxygen atoms in total. The van der Waals surface area contributed by atoms with E-state index in [-0.39, 0.29) is 29.5 Å². The van der Waals surface area contributed by atoms with Crippen molar-refractivity contribution in [3.05, 3.63) is 93.3 Å². The van der Waals surface area contributed by atoms with Gasteiger partial charge in [-0.15, -0.1) is 0 Å². The number of carboxylic acids is 1. The SMILES string of the molecule is COc1nc(O[C@@H]2CCc3c(-c4cccc(-c5nc6cc(CN7CC[C@@H](O)C7)cc(C#N)c6o5)c4F)cccc32)c(Cl)cc1CN1CC[C@@H](C(=O)O)C1. The molecule has 0 unspecified atom stereocenters. The van der Waals surface area contributed by atoms with Crippen LogP contribution in [0.4, 0.5) is 4.39 Å². The number of nitriles is 1. The molecule has 272 valence electrons. The van der Waals surface area contributed by atoms with E-state index < -0.39 is 17.7 Å². The van der Waals surface area contributed by atoms with Crippen molar-refractivity contribution in [2.45, 2.75) is 51.0 Å². The Balaban J connectivity index is 1.05. The molecule has 0 spiro atoms. The van der Waals surface area contributed by atoms with Crippen LogP contribution in [-0.2, 0) is 24.3 Å². The number of hydrogen-bond acceptors (Lipinski definition) is 10. The Morgan fingerprint density at radius 3 is 2.55 bits per heavy atom. The van der Waals surface area contributed by atoms with Crippen molar-refractivity contribution in [1.29, 1.82) is 5.26 Å². The number of carboxylic acid groups (broad SMARTS) is 1. The van der Waals surface area contributed by atoms with Crippen LogP contribution in [0, 0.1) is 23.1 Å². The fourth-order valence-electron chi connectivity index (χ4n) is 7.91. The average Bonchev–Trinajstić information content (AvgIpc) is 3.96. The van der Waals surface area contributed by atoms with Crippen LogP contribution < -0.4 is 9.47 Å². The number of rotatable bonds is 10. The Morgan fingerprint density at radius 2 is 1.79 bits per heavy atom. The maximum atomic E-state index is 16.5. The van der Waals surface area contributed by atoms with Crippen molar-refractivity contribution in [3.8, 4) is 40.4 Å². The minimum Gasteiger partial charge on any atom is -0.481 e.